The summed E-state index contributed by atoms with van der Waals surface area (Å²) in [6, 6.07) is 3.38. The molecule has 1 aromatic rings. The molecule has 0 aliphatic heterocycles. The zero-order valence-electron chi connectivity index (χ0n) is 6.40. The molecule has 0 saturated carbocycles. The first-order valence-corrected chi connectivity index (χ1v) is 3.26. The predicted molar refractivity (Wildman–Crippen MR) is 40.6 cm³/mol. The van der Waals surface area contributed by atoms with Crippen molar-refractivity contribution < 1.29 is 9.90 Å². The van der Waals surface area contributed by atoms with Crippen molar-refractivity contribution in [3.8, 4) is 6.07 Å². The molecule has 1 N–H and O–H groups in total. The summed E-state index contributed by atoms with van der Waals surface area (Å²) in [6.45, 7) is 1.56. The van der Waals surface area contributed by atoms with Gasteiger partial charge in [0, 0.05) is 6.20 Å². The highest BCUT2D eigenvalue weighted by molar-refractivity contribution is 5.87. The van der Waals surface area contributed by atoms with Gasteiger partial charge in [-0.1, -0.05) is 0 Å². The van der Waals surface area contributed by atoms with Crippen molar-refractivity contribution >= 4 is 5.97 Å². The summed E-state index contributed by atoms with van der Waals surface area (Å²) < 4.78 is 0. The number of nitrogens with zero attached hydrogens (tertiary/aromatic N) is 2. The molecule has 0 spiro atoms. The second-order valence-electron chi connectivity index (χ2n) is 2.25. The summed E-state index contributed by atoms with van der Waals surface area (Å²) in [7, 11) is 0. The quantitative estimate of drug-likeness (QED) is 0.667. The normalized spacial score (nSPS) is 9.00. The molecule has 0 aliphatic rings. The van der Waals surface area contributed by atoms with E-state index in [9.17, 15) is 4.79 Å². The van der Waals surface area contributed by atoms with Gasteiger partial charge in [0.2, 0.25) is 0 Å². The number of hydrogen-bond donors (Lipinski definition) is 1. The Balaban J connectivity index is 3.35. The van der Waals surface area contributed by atoms with Crippen LogP contribution in [0.2, 0.25) is 0 Å². The molecule has 0 saturated heterocycles. The lowest BCUT2D eigenvalue weighted by molar-refractivity contribution is 0.0689. The minimum Gasteiger partial charge on any atom is -0.477 e. The van der Waals surface area contributed by atoms with Gasteiger partial charge in [-0.25, -0.2) is 9.78 Å². The van der Waals surface area contributed by atoms with E-state index in [1.165, 1.54) is 12.3 Å². The predicted octanol–water partition coefficient (Wildman–Crippen LogP) is 0.960. The Morgan fingerprint density at radius 2 is 2.42 bits per heavy atom. The van der Waals surface area contributed by atoms with Crippen molar-refractivity contribution in [2.75, 3.05) is 0 Å². The van der Waals surface area contributed by atoms with E-state index in [-0.39, 0.29) is 5.69 Å². The highest BCUT2D eigenvalue weighted by Gasteiger charge is 2.10. The summed E-state index contributed by atoms with van der Waals surface area (Å²) >= 11 is 0. The van der Waals surface area contributed by atoms with Gasteiger partial charge in [0.15, 0.2) is 5.69 Å². The lowest BCUT2D eigenvalue weighted by Crippen LogP contribution is -2.04. The van der Waals surface area contributed by atoms with E-state index in [4.69, 9.17) is 10.4 Å². The van der Waals surface area contributed by atoms with Crippen molar-refractivity contribution in [1.82, 2.24) is 4.98 Å². The zero-order chi connectivity index (χ0) is 9.14. The Labute approximate surface area is 69.1 Å². The maximum absolute atomic E-state index is 10.5. The van der Waals surface area contributed by atoms with E-state index in [2.05, 4.69) is 4.98 Å². The average Bonchev–Trinajstić information content (AvgIpc) is 2.04. The van der Waals surface area contributed by atoms with Crippen LogP contribution in [0, 0.1) is 18.3 Å². The Bertz CT molecular complexity index is 366. The maximum Gasteiger partial charge on any atom is 0.354 e. The van der Waals surface area contributed by atoms with Gasteiger partial charge in [-0.3, -0.25) is 0 Å². The molecule has 0 aromatic carbocycles. The monoisotopic (exact) mass is 162 g/mol. The first-order valence-electron chi connectivity index (χ1n) is 3.26. The highest BCUT2D eigenvalue weighted by atomic mass is 16.4. The molecule has 0 radical (unpaired) electrons. The zero-order valence-corrected chi connectivity index (χ0v) is 6.40. The van der Waals surface area contributed by atoms with Crippen LogP contribution in [0.15, 0.2) is 12.3 Å². The first-order chi connectivity index (χ1) is 5.66. The maximum atomic E-state index is 10.5. The fourth-order valence-electron chi connectivity index (χ4n) is 0.872. The topological polar surface area (TPSA) is 74.0 Å². The highest BCUT2D eigenvalue weighted by Crippen LogP contribution is 2.09. The van der Waals surface area contributed by atoms with Gasteiger partial charge in [0.1, 0.15) is 0 Å². The van der Waals surface area contributed by atoms with Gasteiger partial charge >= 0.3 is 5.97 Å². The molecule has 0 bridgehead atoms. The number of pyridine rings is 1. The number of aromatic nitrogens is 1. The van der Waals surface area contributed by atoms with E-state index >= 15 is 0 Å². The molecule has 0 unspecified atom stereocenters. The van der Waals surface area contributed by atoms with Crippen LogP contribution >= 0.6 is 0 Å². The summed E-state index contributed by atoms with van der Waals surface area (Å²) in [6.07, 6.45) is 1.31. The van der Waals surface area contributed by atoms with E-state index in [1.54, 1.807) is 6.92 Å². The molecule has 0 aliphatic carbocycles. The van der Waals surface area contributed by atoms with Gasteiger partial charge < -0.3 is 5.11 Å². The summed E-state index contributed by atoms with van der Waals surface area (Å²) in [5.74, 6) is -1.11. The van der Waals surface area contributed by atoms with E-state index < -0.39 is 5.97 Å². The number of carboxylic acids is 1. The standard InChI is InChI=1S/C8H6N2O2/c1-5-6(4-9)2-3-10-7(5)8(11)12/h2-3H,1H3,(H,11,12). The number of nitriles is 1. The molecule has 4 heteroatoms. The molecule has 0 fully saturated rings. The molecule has 0 atom stereocenters. The lowest BCUT2D eigenvalue weighted by atomic mass is 10.1. The number of aromatic carboxylic acids is 1. The van der Waals surface area contributed by atoms with Crippen LogP contribution in [0.4, 0.5) is 0 Å². The minimum atomic E-state index is -1.11. The number of hydrogen-bond acceptors (Lipinski definition) is 3. The number of carboxylic acid groups (broad SMARTS) is 1. The molecule has 12 heavy (non-hydrogen) atoms. The minimum absolute atomic E-state index is 0.0611. The van der Waals surface area contributed by atoms with Crippen LogP contribution in [0.25, 0.3) is 0 Å². The van der Waals surface area contributed by atoms with E-state index in [0.717, 1.165) is 0 Å². The first kappa shape index (κ1) is 8.21. The van der Waals surface area contributed by atoms with Gasteiger partial charge in [0.05, 0.1) is 11.6 Å². The summed E-state index contributed by atoms with van der Waals surface area (Å²) in [5, 5.41) is 17.2. The Hall–Kier alpha value is -1.89. The van der Waals surface area contributed by atoms with Crippen LogP contribution in [0.3, 0.4) is 0 Å². The average molecular weight is 162 g/mol. The molecule has 4 nitrogen and oxygen atoms in total. The fraction of sp³-hybridized carbons (Fsp3) is 0.125. The Kier molecular flexibility index (Phi) is 2.06. The van der Waals surface area contributed by atoms with Crippen LogP contribution in [-0.4, -0.2) is 16.1 Å². The molecule has 1 aromatic heterocycles. The van der Waals surface area contributed by atoms with Crippen molar-refractivity contribution in [3.63, 3.8) is 0 Å². The molecular weight excluding hydrogens is 156 g/mol. The second kappa shape index (κ2) is 3.01. The lowest BCUT2D eigenvalue weighted by Gasteiger charge is -1.99. The molecule has 60 valence electrons. The van der Waals surface area contributed by atoms with Crippen molar-refractivity contribution in [3.05, 3.63) is 29.1 Å². The smallest absolute Gasteiger partial charge is 0.354 e. The SMILES string of the molecule is Cc1c(C#N)ccnc1C(=O)O. The third kappa shape index (κ3) is 1.25. The number of rotatable bonds is 1. The molecule has 1 heterocycles. The number of carbonyl (C=O) groups is 1. The van der Waals surface area contributed by atoms with Crippen molar-refractivity contribution in [2.24, 2.45) is 0 Å². The summed E-state index contributed by atoms with van der Waals surface area (Å²) in [5.41, 5.74) is 0.698. The second-order valence-corrected chi connectivity index (χ2v) is 2.25. The van der Waals surface area contributed by atoms with Gasteiger partial charge in [-0.05, 0) is 18.6 Å². The molecule has 1 rings (SSSR count). The van der Waals surface area contributed by atoms with Crippen LogP contribution in [0.5, 0.6) is 0 Å². The van der Waals surface area contributed by atoms with Crippen LogP contribution in [-0.2, 0) is 0 Å². The van der Waals surface area contributed by atoms with Gasteiger partial charge in [0.25, 0.3) is 0 Å². The van der Waals surface area contributed by atoms with Crippen molar-refractivity contribution in [2.45, 2.75) is 6.92 Å². The molecular formula is C8H6N2O2. The largest absolute Gasteiger partial charge is 0.477 e. The third-order valence-electron chi connectivity index (χ3n) is 1.53. The van der Waals surface area contributed by atoms with Gasteiger partial charge in [-0.15, -0.1) is 0 Å². The molecule has 0 amide bonds. The van der Waals surface area contributed by atoms with Crippen LogP contribution in [0.1, 0.15) is 21.6 Å². The fourth-order valence-corrected chi connectivity index (χ4v) is 0.872. The van der Waals surface area contributed by atoms with Crippen LogP contribution < -0.4 is 0 Å². The van der Waals surface area contributed by atoms with Crippen molar-refractivity contribution in [1.29, 1.82) is 5.26 Å². The third-order valence-corrected chi connectivity index (χ3v) is 1.53. The van der Waals surface area contributed by atoms with E-state index in [1.807, 2.05) is 6.07 Å². The Morgan fingerprint density at radius 1 is 1.75 bits per heavy atom. The summed E-state index contributed by atoms with van der Waals surface area (Å²) in [4.78, 5) is 14.2. The Morgan fingerprint density at radius 3 is 2.92 bits per heavy atom. The van der Waals surface area contributed by atoms with E-state index in [0.29, 0.717) is 11.1 Å². The van der Waals surface area contributed by atoms with Gasteiger partial charge in [-0.2, -0.15) is 5.26 Å².